The molecule has 0 radical (unpaired) electrons. The molecule has 2 aromatic rings. The molecule has 0 aromatic carbocycles. The number of hydrogen-bond donors (Lipinski definition) is 3. The molecule has 0 atom stereocenters. The van der Waals surface area contributed by atoms with Gasteiger partial charge < -0.3 is 15.8 Å². The minimum atomic E-state index is 0.272. The lowest BCUT2D eigenvalue weighted by molar-refractivity contribution is 0.183. The van der Waals surface area contributed by atoms with Gasteiger partial charge in [-0.25, -0.2) is 5.10 Å². The third-order valence-electron chi connectivity index (χ3n) is 1.92. The van der Waals surface area contributed by atoms with Crippen LogP contribution in [0.3, 0.4) is 0 Å². The van der Waals surface area contributed by atoms with E-state index in [-0.39, 0.29) is 5.95 Å². The van der Waals surface area contributed by atoms with Gasteiger partial charge in [-0.2, -0.15) is 10.1 Å². The average Bonchev–Trinajstić information content (AvgIpc) is 2.86. The molecule has 0 bridgehead atoms. The quantitative estimate of drug-likeness (QED) is 0.657. The molecule has 0 fully saturated rings. The number of ether oxygens (including phenoxy) is 1. The molecule has 0 saturated heterocycles. The highest BCUT2D eigenvalue weighted by molar-refractivity contribution is 5.50. The maximum absolute atomic E-state index is 5.40. The van der Waals surface area contributed by atoms with Crippen LogP contribution < -0.4 is 11.1 Å². The van der Waals surface area contributed by atoms with E-state index >= 15 is 0 Å². The molecule has 86 valence electrons. The predicted molar refractivity (Wildman–Crippen MR) is 58.2 cm³/mol. The molecule has 0 aliphatic rings. The molecule has 0 aliphatic carbocycles. The molecule has 2 rings (SSSR count). The lowest BCUT2D eigenvalue weighted by atomic mass is 10.5. The molecule has 2 aromatic heterocycles. The van der Waals surface area contributed by atoms with Crippen LogP contribution in [0.15, 0.2) is 12.4 Å². The first-order valence-corrected chi connectivity index (χ1v) is 4.74. The van der Waals surface area contributed by atoms with Crippen molar-refractivity contribution < 1.29 is 4.74 Å². The van der Waals surface area contributed by atoms with Crippen LogP contribution in [-0.2, 0) is 11.3 Å². The number of hydrogen-bond acceptors (Lipinski definition) is 6. The van der Waals surface area contributed by atoms with E-state index in [2.05, 4.69) is 25.6 Å². The van der Waals surface area contributed by atoms with Gasteiger partial charge in [0.15, 0.2) is 0 Å². The summed E-state index contributed by atoms with van der Waals surface area (Å²) in [5, 5.41) is 13.5. The van der Waals surface area contributed by atoms with Gasteiger partial charge in [0.1, 0.15) is 0 Å². The lowest BCUT2D eigenvalue weighted by Gasteiger charge is -1.98. The summed E-state index contributed by atoms with van der Waals surface area (Å²) in [6.45, 7) is 1.32. The van der Waals surface area contributed by atoms with Crippen molar-refractivity contribution in [2.75, 3.05) is 24.8 Å². The van der Waals surface area contributed by atoms with Crippen molar-refractivity contribution in [3.8, 4) is 0 Å². The highest BCUT2D eigenvalue weighted by atomic mass is 16.5. The van der Waals surface area contributed by atoms with Gasteiger partial charge in [0, 0.05) is 13.3 Å². The number of rotatable bonds is 5. The summed E-state index contributed by atoms with van der Waals surface area (Å²) in [5.74, 6) is 0.693. The molecule has 16 heavy (non-hydrogen) atoms. The first kappa shape index (κ1) is 10.4. The van der Waals surface area contributed by atoms with E-state index in [1.165, 1.54) is 0 Å². The first-order valence-electron chi connectivity index (χ1n) is 4.74. The number of nitrogens with two attached hydrogens (primary N) is 1. The molecule has 0 amide bonds. The zero-order valence-electron chi connectivity index (χ0n) is 8.84. The summed E-state index contributed by atoms with van der Waals surface area (Å²) in [6.07, 6.45) is 3.52. The third kappa shape index (κ3) is 2.48. The van der Waals surface area contributed by atoms with Gasteiger partial charge in [-0.05, 0) is 0 Å². The SMILES string of the molecule is COCCn1cc(Nc2n[nH]c(N)n2)cn1. The smallest absolute Gasteiger partial charge is 0.248 e. The molecule has 0 spiro atoms. The molecule has 0 saturated carbocycles. The average molecular weight is 223 g/mol. The summed E-state index contributed by atoms with van der Waals surface area (Å²) in [7, 11) is 1.65. The van der Waals surface area contributed by atoms with E-state index < -0.39 is 0 Å². The Morgan fingerprint density at radius 3 is 3.19 bits per heavy atom. The molecule has 2 heterocycles. The van der Waals surface area contributed by atoms with Crippen molar-refractivity contribution in [1.82, 2.24) is 25.0 Å². The number of nitrogen functional groups attached to an aromatic ring is 1. The zero-order valence-corrected chi connectivity index (χ0v) is 8.84. The van der Waals surface area contributed by atoms with E-state index in [4.69, 9.17) is 10.5 Å². The molecule has 8 heteroatoms. The Balaban J connectivity index is 1.97. The largest absolute Gasteiger partial charge is 0.383 e. The second-order valence-corrected chi connectivity index (χ2v) is 3.15. The number of H-pyrrole nitrogens is 1. The topological polar surface area (TPSA) is 107 Å². The van der Waals surface area contributed by atoms with Crippen LogP contribution >= 0.6 is 0 Å². The van der Waals surface area contributed by atoms with Crippen LogP contribution in [0.25, 0.3) is 0 Å². The lowest BCUT2D eigenvalue weighted by Crippen LogP contribution is -2.03. The summed E-state index contributed by atoms with van der Waals surface area (Å²) >= 11 is 0. The maximum atomic E-state index is 5.40. The number of methoxy groups -OCH3 is 1. The Bertz CT molecular complexity index is 449. The fourth-order valence-electron chi connectivity index (χ4n) is 1.19. The molecule has 0 aliphatic heterocycles. The Morgan fingerprint density at radius 1 is 1.62 bits per heavy atom. The van der Waals surface area contributed by atoms with Crippen LogP contribution in [0, 0.1) is 0 Å². The van der Waals surface area contributed by atoms with Crippen molar-refractivity contribution in [2.45, 2.75) is 6.54 Å². The van der Waals surface area contributed by atoms with Crippen LogP contribution in [0.1, 0.15) is 0 Å². The fraction of sp³-hybridized carbons (Fsp3) is 0.375. The van der Waals surface area contributed by atoms with Crippen LogP contribution in [-0.4, -0.2) is 38.7 Å². The van der Waals surface area contributed by atoms with Gasteiger partial charge in [0.05, 0.1) is 25.0 Å². The predicted octanol–water partition coefficient (Wildman–Crippen LogP) is -0.0266. The number of anilines is 3. The minimum Gasteiger partial charge on any atom is -0.383 e. The Hall–Kier alpha value is -2.09. The highest BCUT2D eigenvalue weighted by Gasteiger charge is 2.02. The third-order valence-corrected chi connectivity index (χ3v) is 1.92. The Morgan fingerprint density at radius 2 is 2.50 bits per heavy atom. The van der Waals surface area contributed by atoms with Gasteiger partial charge in [0.2, 0.25) is 11.9 Å². The van der Waals surface area contributed by atoms with Crippen molar-refractivity contribution in [3.63, 3.8) is 0 Å². The van der Waals surface area contributed by atoms with Gasteiger partial charge in [-0.3, -0.25) is 4.68 Å². The van der Waals surface area contributed by atoms with Crippen molar-refractivity contribution in [3.05, 3.63) is 12.4 Å². The minimum absolute atomic E-state index is 0.272. The standard InChI is InChI=1S/C8H13N7O/c1-16-3-2-15-5-6(4-10-15)11-8-12-7(9)13-14-8/h4-5H,2-3H2,1H3,(H4,9,11,12,13,14). The second-order valence-electron chi connectivity index (χ2n) is 3.15. The first-order chi connectivity index (χ1) is 7.78. The monoisotopic (exact) mass is 223 g/mol. The number of nitrogens with zero attached hydrogens (tertiary/aromatic N) is 4. The summed E-state index contributed by atoms with van der Waals surface area (Å²) in [5.41, 5.74) is 6.20. The van der Waals surface area contributed by atoms with Crippen molar-refractivity contribution in [1.29, 1.82) is 0 Å². The highest BCUT2D eigenvalue weighted by Crippen LogP contribution is 2.11. The van der Waals surface area contributed by atoms with Gasteiger partial charge in [0.25, 0.3) is 0 Å². The molecular weight excluding hydrogens is 210 g/mol. The van der Waals surface area contributed by atoms with Crippen molar-refractivity contribution in [2.24, 2.45) is 0 Å². The van der Waals surface area contributed by atoms with Gasteiger partial charge in [-0.1, -0.05) is 0 Å². The maximum Gasteiger partial charge on any atom is 0.248 e. The van der Waals surface area contributed by atoms with Crippen LogP contribution in [0.2, 0.25) is 0 Å². The van der Waals surface area contributed by atoms with E-state index in [1.54, 1.807) is 18.0 Å². The van der Waals surface area contributed by atoms with Crippen LogP contribution in [0.4, 0.5) is 17.6 Å². The fourth-order valence-corrected chi connectivity index (χ4v) is 1.19. The number of nitrogens with one attached hydrogen (secondary N) is 2. The van der Waals surface area contributed by atoms with E-state index in [0.29, 0.717) is 19.1 Å². The van der Waals surface area contributed by atoms with E-state index in [0.717, 1.165) is 5.69 Å². The zero-order chi connectivity index (χ0) is 11.4. The van der Waals surface area contributed by atoms with E-state index in [9.17, 15) is 0 Å². The summed E-state index contributed by atoms with van der Waals surface area (Å²) < 4.78 is 6.71. The summed E-state index contributed by atoms with van der Waals surface area (Å²) in [4.78, 5) is 3.92. The number of aromatic amines is 1. The Kier molecular flexibility index (Phi) is 3.01. The van der Waals surface area contributed by atoms with Crippen LogP contribution in [0.5, 0.6) is 0 Å². The molecule has 8 nitrogen and oxygen atoms in total. The van der Waals surface area contributed by atoms with E-state index in [1.807, 2.05) is 6.20 Å². The summed E-state index contributed by atoms with van der Waals surface area (Å²) in [6, 6.07) is 0. The molecule has 4 N–H and O–H groups in total. The number of aromatic nitrogens is 5. The second kappa shape index (κ2) is 4.62. The van der Waals surface area contributed by atoms with Gasteiger partial charge in [-0.15, -0.1) is 5.10 Å². The normalized spacial score (nSPS) is 10.6. The molecule has 0 unspecified atom stereocenters. The van der Waals surface area contributed by atoms with Crippen molar-refractivity contribution >= 4 is 17.6 Å². The Labute approximate surface area is 91.8 Å². The van der Waals surface area contributed by atoms with Gasteiger partial charge >= 0.3 is 0 Å². The molecular formula is C8H13N7O.